The minimum atomic E-state index is -1.12. The number of aromatic carboxylic acids is 1. The molecule has 0 unspecified atom stereocenters. The lowest BCUT2D eigenvalue weighted by molar-refractivity contribution is -0.120. The number of amides is 3. The maximum absolute atomic E-state index is 11.6. The quantitative estimate of drug-likeness (QED) is 0.657. The maximum Gasteiger partial charge on any atom is 0.335 e. The highest BCUT2D eigenvalue weighted by atomic mass is 35.5. The fourth-order valence-corrected chi connectivity index (χ4v) is 1.50. The van der Waals surface area contributed by atoms with E-state index in [1.54, 1.807) is 0 Å². The Balaban J connectivity index is 2.59. The predicted molar refractivity (Wildman–Crippen MR) is 74.1 cm³/mol. The predicted octanol–water partition coefficient (Wildman–Crippen LogP) is 1.30. The van der Waals surface area contributed by atoms with Gasteiger partial charge in [0, 0.05) is 20.0 Å². The monoisotopic (exact) mass is 299 g/mol. The van der Waals surface area contributed by atoms with Gasteiger partial charge in [-0.1, -0.05) is 11.6 Å². The summed E-state index contributed by atoms with van der Waals surface area (Å²) in [6.45, 7) is 0.155. The van der Waals surface area contributed by atoms with Crippen LogP contribution in [0.3, 0.4) is 0 Å². The highest BCUT2D eigenvalue weighted by Crippen LogP contribution is 2.22. The lowest BCUT2D eigenvalue weighted by Crippen LogP contribution is -2.32. The number of carbonyl (C=O) groups is 3. The zero-order chi connectivity index (χ0) is 15.1. The first-order valence-corrected chi connectivity index (χ1v) is 6.10. The topological polar surface area (TPSA) is 108 Å². The number of benzene rings is 1. The molecule has 4 N–H and O–H groups in total. The van der Waals surface area contributed by atoms with Gasteiger partial charge in [-0.05, 0) is 18.2 Å². The van der Waals surface area contributed by atoms with Crippen LogP contribution in [-0.4, -0.2) is 36.6 Å². The van der Waals surface area contributed by atoms with Crippen LogP contribution in [-0.2, 0) is 4.79 Å². The Morgan fingerprint density at radius 2 is 2.00 bits per heavy atom. The van der Waals surface area contributed by atoms with E-state index in [0.717, 1.165) is 0 Å². The highest BCUT2D eigenvalue weighted by molar-refractivity contribution is 6.33. The molecule has 1 rings (SSSR count). The number of halogens is 1. The molecule has 7 nitrogen and oxygen atoms in total. The molecule has 0 aliphatic carbocycles. The summed E-state index contributed by atoms with van der Waals surface area (Å²) in [7, 11) is 1.50. The molecule has 0 heterocycles. The van der Waals surface area contributed by atoms with Crippen molar-refractivity contribution in [1.29, 1.82) is 0 Å². The minimum Gasteiger partial charge on any atom is -0.478 e. The van der Waals surface area contributed by atoms with Gasteiger partial charge in [-0.3, -0.25) is 4.79 Å². The van der Waals surface area contributed by atoms with Crippen LogP contribution in [0.4, 0.5) is 10.5 Å². The molecule has 0 saturated heterocycles. The number of carboxylic acid groups (broad SMARTS) is 1. The SMILES string of the molecule is CNC(=O)CCNC(=O)Nc1cc(C(=O)O)ccc1Cl. The molecular formula is C12H14ClN3O4. The van der Waals surface area contributed by atoms with Crippen molar-refractivity contribution < 1.29 is 19.5 Å². The summed E-state index contributed by atoms with van der Waals surface area (Å²) in [5.41, 5.74) is 0.194. The van der Waals surface area contributed by atoms with E-state index in [9.17, 15) is 14.4 Å². The van der Waals surface area contributed by atoms with Gasteiger partial charge < -0.3 is 21.1 Å². The van der Waals surface area contributed by atoms with Crippen molar-refractivity contribution in [2.75, 3.05) is 18.9 Å². The van der Waals surface area contributed by atoms with Gasteiger partial charge in [0.1, 0.15) is 0 Å². The van der Waals surface area contributed by atoms with E-state index in [1.165, 1.54) is 25.2 Å². The van der Waals surface area contributed by atoms with Gasteiger partial charge in [-0.25, -0.2) is 9.59 Å². The van der Waals surface area contributed by atoms with E-state index in [0.29, 0.717) is 0 Å². The third-order valence-electron chi connectivity index (χ3n) is 2.38. The zero-order valence-corrected chi connectivity index (χ0v) is 11.5. The lowest BCUT2D eigenvalue weighted by Gasteiger charge is -2.09. The van der Waals surface area contributed by atoms with E-state index in [-0.39, 0.29) is 35.1 Å². The van der Waals surface area contributed by atoms with Crippen molar-refractivity contribution in [3.8, 4) is 0 Å². The van der Waals surface area contributed by atoms with Gasteiger partial charge in [0.15, 0.2) is 0 Å². The van der Waals surface area contributed by atoms with E-state index in [2.05, 4.69) is 16.0 Å². The van der Waals surface area contributed by atoms with Gasteiger partial charge in [0.05, 0.1) is 16.3 Å². The molecule has 0 atom stereocenters. The zero-order valence-electron chi connectivity index (χ0n) is 10.7. The van der Waals surface area contributed by atoms with Gasteiger partial charge in [0.25, 0.3) is 0 Å². The minimum absolute atomic E-state index is 0.00932. The summed E-state index contributed by atoms with van der Waals surface area (Å²) in [5, 5.41) is 16.4. The molecule has 1 aromatic carbocycles. The molecule has 3 amide bonds. The highest BCUT2D eigenvalue weighted by Gasteiger charge is 2.10. The van der Waals surface area contributed by atoms with Crippen LogP contribution in [0.25, 0.3) is 0 Å². The van der Waals surface area contributed by atoms with Gasteiger partial charge in [-0.15, -0.1) is 0 Å². The third kappa shape index (κ3) is 4.77. The van der Waals surface area contributed by atoms with Crippen LogP contribution in [0, 0.1) is 0 Å². The van der Waals surface area contributed by atoms with Gasteiger partial charge >= 0.3 is 12.0 Å². The second-order valence-corrected chi connectivity index (χ2v) is 4.21. The van der Waals surface area contributed by atoms with Crippen LogP contribution >= 0.6 is 11.6 Å². The summed E-state index contributed by atoms with van der Waals surface area (Å²) >= 11 is 5.85. The van der Waals surface area contributed by atoms with Gasteiger partial charge in [0.2, 0.25) is 5.91 Å². The fraction of sp³-hybridized carbons (Fsp3) is 0.250. The third-order valence-corrected chi connectivity index (χ3v) is 2.71. The molecule has 0 aliphatic rings. The van der Waals surface area contributed by atoms with Crippen LogP contribution in [0.2, 0.25) is 5.02 Å². The Kier molecular flexibility index (Phi) is 5.79. The van der Waals surface area contributed by atoms with Crippen molar-refractivity contribution in [3.05, 3.63) is 28.8 Å². The number of nitrogens with one attached hydrogen (secondary N) is 3. The average Bonchev–Trinajstić information content (AvgIpc) is 2.40. The van der Waals surface area contributed by atoms with Gasteiger partial charge in [-0.2, -0.15) is 0 Å². The molecule has 0 saturated carbocycles. The van der Waals surface area contributed by atoms with E-state index in [1.807, 2.05) is 0 Å². The number of hydrogen-bond acceptors (Lipinski definition) is 3. The number of urea groups is 1. The second kappa shape index (κ2) is 7.34. The lowest BCUT2D eigenvalue weighted by atomic mass is 10.2. The summed E-state index contributed by atoms with van der Waals surface area (Å²) in [5.74, 6) is -1.32. The molecular weight excluding hydrogens is 286 g/mol. The smallest absolute Gasteiger partial charge is 0.335 e. The first-order valence-electron chi connectivity index (χ1n) is 5.72. The molecule has 20 heavy (non-hydrogen) atoms. The molecule has 0 aromatic heterocycles. The first kappa shape index (κ1) is 15.8. The number of rotatable bonds is 5. The van der Waals surface area contributed by atoms with Crippen LogP contribution in [0.15, 0.2) is 18.2 Å². The number of carbonyl (C=O) groups excluding carboxylic acids is 2. The van der Waals surface area contributed by atoms with E-state index >= 15 is 0 Å². The average molecular weight is 300 g/mol. The number of hydrogen-bond donors (Lipinski definition) is 4. The molecule has 0 bridgehead atoms. The largest absolute Gasteiger partial charge is 0.478 e. The van der Waals surface area contributed by atoms with Crippen LogP contribution in [0.1, 0.15) is 16.8 Å². The van der Waals surface area contributed by atoms with Crippen LogP contribution in [0.5, 0.6) is 0 Å². The molecule has 108 valence electrons. The summed E-state index contributed by atoms with van der Waals surface area (Å²) in [4.78, 5) is 33.3. The van der Waals surface area contributed by atoms with E-state index < -0.39 is 12.0 Å². The summed E-state index contributed by atoms with van der Waals surface area (Å²) in [6, 6.07) is 3.39. The van der Waals surface area contributed by atoms with Crippen molar-refractivity contribution in [2.24, 2.45) is 0 Å². The van der Waals surface area contributed by atoms with Crippen molar-refractivity contribution in [1.82, 2.24) is 10.6 Å². The maximum atomic E-state index is 11.6. The number of anilines is 1. The Bertz CT molecular complexity index is 533. The summed E-state index contributed by atoms with van der Waals surface area (Å²) in [6.07, 6.45) is 0.146. The Hall–Kier alpha value is -2.28. The summed E-state index contributed by atoms with van der Waals surface area (Å²) < 4.78 is 0. The molecule has 8 heteroatoms. The van der Waals surface area contributed by atoms with Crippen molar-refractivity contribution in [2.45, 2.75) is 6.42 Å². The van der Waals surface area contributed by atoms with Crippen LogP contribution < -0.4 is 16.0 Å². The molecule has 0 aliphatic heterocycles. The molecule has 0 fully saturated rings. The molecule has 1 aromatic rings. The van der Waals surface area contributed by atoms with Crippen molar-refractivity contribution >= 4 is 35.2 Å². The molecule has 0 radical (unpaired) electrons. The second-order valence-electron chi connectivity index (χ2n) is 3.80. The fourth-order valence-electron chi connectivity index (χ4n) is 1.34. The normalized spacial score (nSPS) is 9.70. The Morgan fingerprint density at radius 1 is 1.30 bits per heavy atom. The Labute approximate surface area is 120 Å². The number of carboxylic acids is 1. The van der Waals surface area contributed by atoms with Crippen molar-refractivity contribution in [3.63, 3.8) is 0 Å². The van der Waals surface area contributed by atoms with E-state index in [4.69, 9.17) is 16.7 Å². The molecule has 0 spiro atoms. The first-order chi connectivity index (χ1) is 9.43. The standard InChI is InChI=1S/C12H14ClN3O4/c1-14-10(17)4-5-15-12(20)16-9-6-7(11(18)19)2-3-8(9)13/h2-3,6H,4-5H2,1H3,(H,14,17)(H,18,19)(H2,15,16,20). The Morgan fingerprint density at radius 3 is 2.60 bits per heavy atom.